The van der Waals surface area contributed by atoms with Gasteiger partial charge in [-0.2, -0.15) is 4.98 Å². The van der Waals surface area contributed by atoms with Gasteiger partial charge in [-0.1, -0.05) is 14.0 Å². The minimum Gasteiger partial charge on any atom is -0.464 e. The Balaban J connectivity index is 1.94. The Morgan fingerprint density at radius 3 is 2.52 bits per heavy atom. The van der Waals surface area contributed by atoms with Gasteiger partial charge in [0.15, 0.2) is 0 Å². The van der Waals surface area contributed by atoms with Gasteiger partial charge in [0.05, 0.1) is 11.1 Å². The molecule has 2 aromatic heterocycles. The summed E-state index contributed by atoms with van der Waals surface area (Å²) in [6, 6.07) is 6.61. The first kappa shape index (κ1) is 19.9. The monoisotopic (exact) mass is 465 g/mol. The smallest absolute Gasteiger partial charge is 0.316 e. The zero-order valence-electron chi connectivity index (χ0n) is 15.1. The summed E-state index contributed by atoms with van der Waals surface area (Å²) in [5.74, 6) is 0.630. The lowest BCUT2D eigenvalue weighted by molar-refractivity contribution is 0.312. The van der Waals surface area contributed by atoms with Crippen LogP contribution >= 0.6 is 35.5 Å². The minimum atomic E-state index is -0.368. The van der Waals surface area contributed by atoms with Gasteiger partial charge >= 0.3 is 6.01 Å². The number of nitrogens with zero attached hydrogens (tertiary/aromatic N) is 4. The van der Waals surface area contributed by atoms with E-state index in [0.717, 1.165) is 21.3 Å². The zero-order chi connectivity index (χ0) is 19.4. The Morgan fingerprint density at radius 2 is 1.85 bits per heavy atom. The maximum absolute atomic E-state index is 5.92. The van der Waals surface area contributed by atoms with Crippen LogP contribution in [0, 0.1) is 0 Å². The number of benzene rings is 1. The molecular weight excluding hydrogens is 449 g/mol. The average molecular weight is 467 g/mol. The van der Waals surface area contributed by atoms with Crippen molar-refractivity contribution in [2.45, 2.75) is 6.92 Å². The number of rotatable bonds is 6. The molecule has 0 aliphatic carbocycles. The minimum absolute atomic E-state index is 0.195. The van der Waals surface area contributed by atoms with E-state index in [1.807, 2.05) is 19.1 Å². The molecule has 6 nitrogen and oxygen atoms in total. The molecule has 0 atom stereocenters. The van der Waals surface area contributed by atoms with Gasteiger partial charge in [-0.25, -0.2) is 15.0 Å². The maximum atomic E-state index is 5.92. The standard InChI is InChI=1S/C18H18BrClN5OP/c1-4-26-18-22-8-12(9-23-18)11-5-6-14(15(7-11)27(2)3)24-16-13(19)10-21-17(20)25-16/h5-10H,4H2,1-3H3,(H,21,24,25). The maximum Gasteiger partial charge on any atom is 0.316 e. The summed E-state index contributed by atoms with van der Waals surface area (Å²) in [6.45, 7) is 6.86. The SMILES string of the molecule is CCOc1ncc(-c2ccc(Nc3nc(Cl)ncc3Br)c(P(C)C)c2)cn1. The van der Waals surface area contributed by atoms with Crippen LogP contribution in [0.15, 0.2) is 41.3 Å². The van der Waals surface area contributed by atoms with E-state index >= 15 is 0 Å². The molecule has 1 aromatic carbocycles. The molecule has 0 bridgehead atoms. The highest BCUT2D eigenvalue weighted by Crippen LogP contribution is 2.33. The second-order valence-corrected chi connectivity index (χ2v) is 9.24. The Bertz CT molecular complexity index is 940. The molecule has 0 aliphatic heterocycles. The van der Waals surface area contributed by atoms with E-state index in [9.17, 15) is 0 Å². The van der Waals surface area contributed by atoms with Crippen molar-refractivity contribution >= 4 is 52.3 Å². The van der Waals surface area contributed by atoms with E-state index in [4.69, 9.17) is 16.3 Å². The van der Waals surface area contributed by atoms with Crippen LogP contribution in [0.5, 0.6) is 6.01 Å². The number of hydrogen-bond acceptors (Lipinski definition) is 6. The highest BCUT2D eigenvalue weighted by atomic mass is 79.9. The van der Waals surface area contributed by atoms with Crippen LogP contribution in [-0.2, 0) is 0 Å². The van der Waals surface area contributed by atoms with Crippen molar-refractivity contribution in [2.24, 2.45) is 0 Å². The van der Waals surface area contributed by atoms with Crippen LogP contribution in [0.3, 0.4) is 0 Å². The lowest BCUT2D eigenvalue weighted by Gasteiger charge is -2.17. The summed E-state index contributed by atoms with van der Waals surface area (Å²) >= 11 is 9.37. The highest BCUT2D eigenvalue weighted by Gasteiger charge is 2.12. The predicted molar refractivity (Wildman–Crippen MR) is 115 cm³/mol. The Kier molecular flexibility index (Phi) is 6.58. The van der Waals surface area contributed by atoms with Crippen molar-refractivity contribution in [3.05, 3.63) is 46.5 Å². The van der Waals surface area contributed by atoms with Crippen molar-refractivity contribution in [3.63, 3.8) is 0 Å². The summed E-state index contributed by atoms with van der Waals surface area (Å²) in [6.07, 6.45) is 5.18. The Hall–Kier alpha value is -1.82. The quantitative estimate of drug-likeness (QED) is 0.413. The van der Waals surface area contributed by atoms with E-state index in [0.29, 0.717) is 18.4 Å². The van der Waals surface area contributed by atoms with Crippen LogP contribution in [0.25, 0.3) is 11.1 Å². The van der Waals surface area contributed by atoms with E-state index < -0.39 is 0 Å². The molecule has 0 fully saturated rings. The molecule has 0 saturated heterocycles. The molecule has 27 heavy (non-hydrogen) atoms. The fourth-order valence-electron chi connectivity index (χ4n) is 2.42. The van der Waals surface area contributed by atoms with Gasteiger partial charge in [-0.3, -0.25) is 0 Å². The van der Waals surface area contributed by atoms with Crippen molar-refractivity contribution in [1.82, 2.24) is 19.9 Å². The molecule has 0 unspecified atom stereocenters. The molecule has 1 N–H and O–H groups in total. The molecule has 3 rings (SSSR count). The van der Waals surface area contributed by atoms with Crippen LogP contribution < -0.4 is 15.4 Å². The van der Waals surface area contributed by atoms with Gasteiger partial charge in [0.2, 0.25) is 5.28 Å². The first-order valence-corrected chi connectivity index (χ1v) is 11.6. The van der Waals surface area contributed by atoms with Gasteiger partial charge in [0.1, 0.15) is 5.82 Å². The fourth-order valence-corrected chi connectivity index (χ4v) is 3.85. The van der Waals surface area contributed by atoms with Gasteiger partial charge in [-0.05, 0) is 70.8 Å². The van der Waals surface area contributed by atoms with Crippen molar-refractivity contribution in [3.8, 4) is 17.1 Å². The third-order valence-corrected chi connectivity index (χ3v) is 5.78. The second-order valence-electron chi connectivity index (χ2n) is 5.77. The molecule has 3 aromatic rings. The normalized spacial score (nSPS) is 10.9. The van der Waals surface area contributed by atoms with E-state index in [1.54, 1.807) is 18.6 Å². The Morgan fingerprint density at radius 1 is 1.11 bits per heavy atom. The molecule has 2 heterocycles. The fraction of sp³-hybridized carbons (Fsp3) is 0.222. The summed E-state index contributed by atoms with van der Waals surface area (Å²) < 4.78 is 6.06. The highest BCUT2D eigenvalue weighted by molar-refractivity contribution is 9.10. The number of nitrogens with one attached hydrogen (secondary N) is 1. The number of aromatic nitrogens is 4. The van der Waals surface area contributed by atoms with Crippen LogP contribution in [0.2, 0.25) is 5.28 Å². The lowest BCUT2D eigenvalue weighted by Crippen LogP contribution is -2.09. The lowest BCUT2D eigenvalue weighted by atomic mass is 10.1. The van der Waals surface area contributed by atoms with Crippen LogP contribution in [0.1, 0.15) is 6.92 Å². The number of hydrogen-bond donors (Lipinski definition) is 1. The second kappa shape index (κ2) is 8.91. The van der Waals surface area contributed by atoms with Crippen molar-refractivity contribution in [2.75, 3.05) is 25.3 Å². The molecule has 0 radical (unpaired) electrons. The molecule has 0 aliphatic rings. The number of halogens is 2. The van der Waals surface area contributed by atoms with E-state index in [-0.39, 0.29) is 13.2 Å². The molecule has 140 valence electrons. The van der Waals surface area contributed by atoms with Gasteiger partial charge in [0, 0.05) is 29.8 Å². The van der Waals surface area contributed by atoms with E-state index in [2.05, 4.69) is 60.6 Å². The first-order valence-electron chi connectivity index (χ1n) is 8.19. The van der Waals surface area contributed by atoms with Crippen molar-refractivity contribution in [1.29, 1.82) is 0 Å². The topological polar surface area (TPSA) is 72.8 Å². The largest absolute Gasteiger partial charge is 0.464 e. The third-order valence-electron chi connectivity index (χ3n) is 3.68. The summed E-state index contributed by atoms with van der Waals surface area (Å²) in [5, 5.41) is 4.75. The molecule has 0 amide bonds. The van der Waals surface area contributed by atoms with Gasteiger partial charge < -0.3 is 10.1 Å². The van der Waals surface area contributed by atoms with E-state index in [1.165, 1.54) is 5.30 Å². The molecule has 0 spiro atoms. The zero-order valence-corrected chi connectivity index (χ0v) is 18.3. The summed E-state index contributed by atoms with van der Waals surface area (Å²) in [5.41, 5.74) is 2.97. The van der Waals surface area contributed by atoms with Crippen molar-refractivity contribution < 1.29 is 4.74 Å². The van der Waals surface area contributed by atoms with Crippen LogP contribution in [0.4, 0.5) is 11.5 Å². The first-order chi connectivity index (χ1) is 13.0. The van der Waals surface area contributed by atoms with Gasteiger partial charge in [-0.15, -0.1) is 0 Å². The molecule has 9 heteroatoms. The summed E-state index contributed by atoms with van der Waals surface area (Å²) in [7, 11) is -0.368. The predicted octanol–water partition coefficient (Wildman–Crippen LogP) is 4.86. The average Bonchev–Trinajstić information content (AvgIpc) is 2.66. The Labute approximate surface area is 172 Å². The van der Waals surface area contributed by atoms with Gasteiger partial charge in [0.25, 0.3) is 0 Å². The number of anilines is 2. The number of ether oxygens (including phenoxy) is 1. The van der Waals surface area contributed by atoms with Crippen LogP contribution in [-0.4, -0.2) is 39.9 Å². The molecular formula is C18H18BrClN5OP. The summed E-state index contributed by atoms with van der Waals surface area (Å²) in [4.78, 5) is 16.7. The molecule has 0 saturated carbocycles. The third kappa shape index (κ3) is 4.92.